The van der Waals surface area contributed by atoms with Crippen molar-refractivity contribution in [2.75, 3.05) is 27.8 Å². The largest absolute Gasteiger partial charge is 0.465 e. The third-order valence-corrected chi connectivity index (χ3v) is 12.9. The maximum atomic E-state index is 14.3. The van der Waals surface area contributed by atoms with Gasteiger partial charge in [0.2, 0.25) is 0 Å². The SMILES string of the molecule is CCC(=O)OCCC(=O)O[C@H]1C(O[C@@H]2[C@H](C)[C@H](OC3C[C@](C)(OC)[C@H](O)[C@@H](C)O3)[C@@H](C)C(=O)O[C@H](CC)[C@@](C)(O)[C@@H](O)[C@@H](C)C(=O)[C@H](C)CC2(C)O)O[C@H](C)C[C@@H]1N(C)C. The first-order valence-corrected chi connectivity index (χ1v) is 21.5. The molecule has 0 aliphatic carbocycles. The predicted octanol–water partition coefficient (Wildman–Crippen LogP) is 2.68. The standard InChI is InChI=1S/C43H75NO16/c1-15-29-43(11,52)36(48)24(5)33(47)22(3)20-41(9,51)38(25(6)34(26(7)39(50)57-29)59-32-21-42(10,53-14)37(49)27(8)56-32)60-40-35(28(44(12)13)19-23(4)55-40)58-31(46)17-18-54-30(45)16-2/h22-29,32,34-38,40,48-49,51-52H,15-21H2,1-14H3/t22-,23-,24+,25-,26-,27-,28+,29-,32?,34+,35-,36+,37-,38-,40?,41?,42+,43-/m1/s1. The number of esters is 3. The average Bonchev–Trinajstić information content (AvgIpc) is 3.18. The van der Waals surface area contributed by atoms with Crippen LogP contribution in [-0.4, -0.2) is 161 Å². The molecule has 3 aliphatic rings. The van der Waals surface area contributed by atoms with E-state index in [0.717, 1.165) is 0 Å². The fourth-order valence-corrected chi connectivity index (χ4v) is 9.08. The van der Waals surface area contributed by atoms with Gasteiger partial charge >= 0.3 is 17.9 Å². The second-order valence-corrected chi connectivity index (χ2v) is 18.3. The van der Waals surface area contributed by atoms with E-state index >= 15 is 0 Å². The highest BCUT2D eigenvalue weighted by atomic mass is 16.7. The molecule has 0 aromatic carbocycles. The number of methoxy groups -OCH3 is 1. The molecule has 0 spiro atoms. The van der Waals surface area contributed by atoms with Gasteiger partial charge in [0, 0.05) is 37.7 Å². The number of nitrogens with zero attached hydrogens (tertiary/aromatic N) is 1. The summed E-state index contributed by atoms with van der Waals surface area (Å²) in [5, 5.41) is 46.8. The Balaban J connectivity index is 2.21. The zero-order valence-electron chi connectivity index (χ0n) is 38.2. The summed E-state index contributed by atoms with van der Waals surface area (Å²) in [5.41, 5.74) is -5.05. The van der Waals surface area contributed by atoms with E-state index in [4.69, 9.17) is 37.9 Å². The predicted molar refractivity (Wildman–Crippen MR) is 216 cm³/mol. The summed E-state index contributed by atoms with van der Waals surface area (Å²) in [7, 11) is 5.10. The first-order chi connectivity index (χ1) is 27.8. The van der Waals surface area contributed by atoms with E-state index in [9.17, 15) is 39.6 Å². The Morgan fingerprint density at radius 3 is 2.07 bits per heavy atom. The topological polar surface area (TPSA) is 226 Å². The number of ketones is 1. The Labute approximate surface area is 356 Å². The zero-order valence-corrected chi connectivity index (χ0v) is 38.2. The summed E-state index contributed by atoms with van der Waals surface area (Å²) in [6.07, 6.45) is -10.7. The molecule has 17 heteroatoms. The van der Waals surface area contributed by atoms with E-state index in [1.807, 2.05) is 25.9 Å². The van der Waals surface area contributed by atoms with Gasteiger partial charge in [-0.05, 0) is 74.9 Å². The number of carbonyl (C=O) groups excluding carboxylic acids is 4. The molecule has 0 radical (unpaired) electrons. The number of hydrogen-bond acceptors (Lipinski definition) is 17. The van der Waals surface area contributed by atoms with Crippen LogP contribution in [0.5, 0.6) is 0 Å². The van der Waals surface area contributed by atoms with E-state index in [1.165, 1.54) is 27.9 Å². The number of likely N-dealkylation sites (N-methyl/N-ethyl adjacent to an activating group) is 1. The lowest BCUT2D eigenvalue weighted by Crippen LogP contribution is -2.61. The van der Waals surface area contributed by atoms with Crippen molar-refractivity contribution in [2.24, 2.45) is 23.7 Å². The molecule has 3 saturated heterocycles. The molecule has 18 atom stereocenters. The molecular formula is C43H75NO16. The number of cyclic esters (lactones) is 1. The minimum atomic E-state index is -2.04. The molecule has 0 bridgehead atoms. The third-order valence-electron chi connectivity index (χ3n) is 12.9. The van der Waals surface area contributed by atoms with Crippen LogP contribution in [0, 0.1) is 23.7 Å². The highest BCUT2D eigenvalue weighted by Gasteiger charge is 2.54. The van der Waals surface area contributed by atoms with Crippen LogP contribution in [0.2, 0.25) is 0 Å². The first kappa shape index (κ1) is 52.0. The van der Waals surface area contributed by atoms with Crippen molar-refractivity contribution in [3.63, 3.8) is 0 Å². The van der Waals surface area contributed by atoms with E-state index < -0.39 is 132 Å². The van der Waals surface area contributed by atoms with Crippen molar-refractivity contribution in [3.8, 4) is 0 Å². The van der Waals surface area contributed by atoms with Gasteiger partial charge < -0.3 is 63.2 Å². The van der Waals surface area contributed by atoms with Crippen molar-refractivity contribution < 1.29 is 77.5 Å². The average molecular weight is 862 g/mol. The molecule has 60 heavy (non-hydrogen) atoms. The molecule has 3 aliphatic heterocycles. The Morgan fingerprint density at radius 2 is 1.50 bits per heavy atom. The van der Waals surface area contributed by atoms with Crippen molar-refractivity contribution >= 4 is 23.7 Å². The number of rotatable bonds is 12. The number of aliphatic hydroxyl groups is 4. The molecule has 0 aromatic rings. The Hall–Kier alpha value is -2.32. The van der Waals surface area contributed by atoms with Crippen molar-refractivity contribution in [1.29, 1.82) is 0 Å². The van der Waals surface area contributed by atoms with Gasteiger partial charge in [0.05, 0.1) is 60.1 Å². The van der Waals surface area contributed by atoms with Gasteiger partial charge in [-0.3, -0.25) is 19.2 Å². The maximum Gasteiger partial charge on any atom is 0.311 e. The van der Waals surface area contributed by atoms with Gasteiger partial charge in [0.25, 0.3) is 0 Å². The van der Waals surface area contributed by atoms with Crippen LogP contribution >= 0.6 is 0 Å². The minimum absolute atomic E-state index is 0.0448. The molecule has 3 heterocycles. The zero-order chi connectivity index (χ0) is 45.7. The van der Waals surface area contributed by atoms with E-state index in [0.29, 0.717) is 6.42 Å². The molecule has 3 rings (SSSR count). The number of carbonyl (C=O) groups is 4. The van der Waals surface area contributed by atoms with Gasteiger partial charge in [0.1, 0.15) is 30.2 Å². The van der Waals surface area contributed by atoms with Crippen LogP contribution in [0.3, 0.4) is 0 Å². The number of aliphatic hydroxyl groups excluding tert-OH is 2. The van der Waals surface area contributed by atoms with Crippen molar-refractivity contribution in [2.45, 2.75) is 199 Å². The van der Waals surface area contributed by atoms with Crippen LogP contribution in [0.1, 0.15) is 115 Å². The van der Waals surface area contributed by atoms with Crippen LogP contribution < -0.4 is 0 Å². The van der Waals surface area contributed by atoms with Gasteiger partial charge in [-0.1, -0.05) is 34.6 Å². The summed E-state index contributed by atoms with van der Waals surface area (Å²) >= 11 is 0. The van der Waals surface area contributed by atoms with Crippen LogP contribution in [0.25, 0.3) is 0 Å². The van der Waals surface area contributed by atoms with Crippen molar-refractivity contribution in [1.82, 2.24) is 4.90 Å². The van der Waals surface area contributed by atoms with E-state index in [2.05, 4.69) is 0 Å². The van der Waals surface area contributed by atoms with Crippen molar-refractivity contribution in [3.05, 3.63) is 0 Å². The molecule has 0 saturated carbocycles. The Morgan fingerprint density at radius 1 is 0.867 bits per heavy atom. The fraction of sp³-hybridized carbons (Fsp3) is 0.907. The van der Waals surface area contributed by atoms with Gasteiger partial charge in [-0.25, -0.2) is 0 Å². The summed E-state index contributed by atoms with van der Waals surface area (Å²) in [6, 6.07) is -0.433. The van der Waals surface area contributed by atoms with Gasteiger partial charge in [-0.15, -0.1) is 0 Å². The monoisotopic (exact) mass is 862 g/mol. The molecule has 17 nitrogen and oxygen atoms in total. The Bertz CT molecular complexity index is 1440. The molecule has 3 unspecified atom stereocenters. The molecule has 0 amide bonds. The highest BCUT2D eigenvalue weighted by molar-refractivity contribution is 5.83. The number of ether oxygens (including phenoxy) is 8. The minimum Gasteiger partial charge on any atom is -0.465 e. The third kappa shape index (κ3) is 12.2. The summed E-state index contributed by atoms with van der Waals surface area (Å²) in [4.78, 5) is 55.3. The fourth-order valence-electron chi connectivity index (χ4n) is 9.08. The van der Waals surface area contributed by atoms with Crippen LogP contribution in [0.15, 0.2) is 0 Å². The second-order valence-electron chi connectivity index (χ2n) is 18.3. The summed E-state index contributed by atoms with van der Waals surface area (Å²) in [6.45, 7) is 17.5. The molecule has 3 fully saturated rings. The molecular weight excluding hydrogens is 786 g/mol. The van der Waals surface area contributed by atoms with Crippen LogP contribution in [-0.2, 0) is 57.1 Å². The quantitative estimate of drug-likeness (QED) is 0.163. The number of hydrogen-bond donors (Lipinski definition) is 4. The normalized spacial score (nSPS) is 43.8. The number of Topliss-reactive ketones (excluding diaryl/α,β-unsaturated/α-hetero) is 1. The van der Waals surface area contributed by atoms with E-state index in [1.54, 1.807) is 48.5 Å². The van der Waals surface area contributed by atoms with Gasteiger partial charge in [0.15, 0.2) is 18.7 Å². The smallest absolute Gasteiger partial charge is 0.311 e. The van der Waals surface area contributed by atoms with Gasteiger partial charge in [-0.2, -0.15) is 0 Å². The molecule has 348 valence electrons. The highest BCUT2D eigenvalue weighted by Crippen LogP contribution is 2.41. The lowest BCUT2D eigenvalue weighted by atomic mass is 9.74. The summed E-state index contributed by atoms with van der Waals surface area (Å²) < 4.78 is 48.9. The molecule has 0 aromatic heterocycles. The maximum absolute atomic E-state index is 14.3. The van der Waals surface area contributed by atoms with Crippen LogP contribution in [0.4, 0.5) is 0 Å². The lowest BCUT2D eigenvalue weighted by Gasteiger charge is -2.49. The second kappa shape index (κ2) is 21.4. The summed E-state index contributed by atoms with van der Waals surface area (Å²) in [5.74, 6) is -6.51. The van der Waals surface area contributed by atoms with E-state index in [-0.39, 0.29) is 38.7 Å². The molecule has 4 N–H and O–H groups in total. The first-order valence-electron chi connectivity index (χ1n) is 21.5. The lowest BCUT2D eigenvalue weighted by molar-refractivity contribution is -0.319. The Kier molecular flexibility index (Phi) is 18.5.